The van der Waals surface area contributed by atoms with Crippen molar-refractivity contribution in [1.29, 1.82) is 0 Å². The lowest BCUT2D eigenvalue weighted by Crippen LogP contribution is -2.40. The normalized spacial score (nSPS) is 16.6. The summed E-state index contributed by atoms with van der Waals surface area (Å²) in [5.41, 5.74) is 4.84. The Morgan fingerprint density at radius 3 is 2.25 bits per heavy atom. The number of aliphatic carboxylic acids is 1. The van der Waals surface area contributed by atoms with Crippen molar-refractivity contribution >= 4 is 22.7 Å². The van der Waals surface area contributed by atoms with Gasteiger partial charge < -0.3 is 19.5 Å². The van der Waals surface area contributed by atoms with E-state index in [1.54, 1.807) is 22.2 Å². The molecule has 0 saturated carbocycles. The Labute approximate surface area is 255 Å². The van der Waals surface area contributed by atoms with E-state index in [2.05, 4.69) is 11.8 Å². The number of carbonyl (C=O) groups is 1. The van der Waals surface area contributed by atoms with Crippen LogP contribution < -0.4 is 20.1 Å². The molecule has 1 aliphatic heterocycles. The number of ether oxygens (including phenoxy) is 2. The number of aromatic nitrogens is 3. The molecular formula is C35H36N4O5. The highest BCUT2D eigenvalue weighted by molar-refractivity contribution is 5.82. The minimum atomic E-state index is -0.745. The zero-order valence-corrected chi connectivity index (χ0v) is 24.9. The summed E-state index contributed by atoms with van der Waals surface area (Å²) in [7, 11) is 1.77. The molecule has 1 N–H and O–H groups in total. The van der Waals surface area contributed by atoms with E-state index < -0.39 is 5.97 Å². The maximum Gasteiger partial charge on any atom is 0.333 e. The molecule has 1 saturated heterocycles. The first-order valence-corrected chi connectivity index (χ1v) is 14.9. The lowest BCUT2D eigenvalue weighted by Gasteiger charge is -2.37. The highest BCUT2D eigenvalue weighted by Gasteiger charge is 2.28. The second-order valence-electron chi connectivity index (χ2n) is 11.4. The molecule has 0 unspecified atom stereocenters. The standard InChI is InChI=1S/C35H36N4O5/c1-24-21-38(18-17-27(24)19-33(40)41)28-13-14-29-31(20-28)37(2)35(42)39(29)30-15-16-32(43-22-25-9-5-3-6-10-25)36-34(30)44-23-26-11-7-4-8-12-26/h3-16,20,24,27H,17-19,21-23H2,1-2H3,(H,40,41)/t24-,27+/m1/s1. The Hall–Kier alpha value is -5.05. The molecule has 1 aliphatic rings. The predicted molar refractivity (Wildman–Crippen MR) is 170 cm³/mol. The van der Waals surface area contributed by atoms with Gasteiger partial charge in [-0.05, 0) is 53.6 Å². The summed E-state index contributed by atoms with van der Waals surface area (Å²) in [4.78, 5) is 32.0. The number of hydrogen-bond acceptors (Lipinski definition) is 6. The van der Waals surface area contributed by atoms with Crippen molar-refractivity contribution in [3.63, 3.8) is 0 Å². The maximum atomic E-state index is 13.7. The molecule has 0 radical (unpaired) electrons. The van der Waals surface area contributed by atoms with Crippen LogP contribution in [0, 0.1) is 11.8 Å². The third-order valence-electron chi connectivity index (χ3n) is 8.43. The smallest absolute Gasteiger partial charge is 0.333 e. The minimum absolute atomic E-state index is 0.166. The van der Waals surface area contributed by atoms with E-state index in [1.807, 2.05) is 84.9 Å². The quantitative estimate of drug-likeness (QED) is 0.218. The van der Waals surface area contributed by atoms with Crippen molar-refractivity contribution in [1.82, 2.24) is 14.1 Å². The summed E-state index contributed by atoms with van der Waals surface area (Å²) in [5.74, 6) is 0.371. The number of fused-ring (bicyclic) bond motifs is 1. The molecule has 0 spiro atoms. The molecule has 3 heterocycles. The first-order valence-electron chi connectivity index (χ1n) is 14.9. The molecule has 2 atom stereocenters. The summed E-state index contributed by atoms with van der Waals surface area (Å²) in [6, 6.07) is 29.3. The number of anilines is 1. The third-order valence-corrected chi connectivity index (χ3v) is 8.43. The maximum absolute atomic E-state index is 13.7. The van der Waals surface area contributed by atoms with E-state index in [-0.39, 0.29) is 30.6 Å². The van der Waals surface area contributed by atoms with Gasteiger partial charge in [0.05, 0.1) is 11.0 Å². The van der Waals surface area contributed by atoms with Crippen molar-refractivity contribution in [3.8, 4) is 17.4 Å². The second-order valence-corrected chi connectivity index (χ2v) is 11.4. The topological polar surface area (TPSA) is 98.8 Å². The summed E-state index contributed by atoms with van der Waals surface area (Å²) in [6.45, 7) is 4.29. The van der Waals surface area contributed by atoms with E-state index in [0.29, 0.717) is 24.1 Å². The monoisotopic (exact) mass is 592 g/mol. The molecule has 0 bridgehead atoms. The van der Waals surface area contributed by atoms with Crippen molar-refractivity contribution in [2.75, 3.05) is 18.0 Å². The van der Waals surface area contributed by atoms with Crippen LogP contribution in [0.5, 0.6) is 11.8 Å². The fourth-order valence-corrected chi connectivity index (χ4v) is 5.94. The highest BCUT2D eigenvalue weighted by Crippen LogP contribution is 2.33. The molecule has 0 aliphatic carbocycles. The van der Waals surface area contributed by atoms with Gasteiger partial charge in [-0.25, -0.2) is 4.79 Å². The van der Waals surface area contributed by atoms with Gasteiger partial charge in [-0.15, -0.1) is 0 Å². The first-order chi connectivity index (χ1) is 21.4. The SMILES string of the molecule is C[C@@H]1CN(c2ccc3c(c2)n(C)c(=O)n3-c2ccc(OCc3ccccc3)nc2OCc2ccccc2)CC[C@H]1CC(=O)O. The van der Waals surface area contributed by atoms with Gasteiger partial charge in [0.15, 0.2) is 0 Å². The molecule has 226 valence electrons. The van der Waals surface area contributed by atoms with Crippen molar-refractivity contribution in [2.45, 2.75) is 33.0 Å². The number of nitrogens with zero attached hydrogens (tertiary/aromatic N) is 4. The molecule has 9 nitrogen and oxygen atoms in total. The molecule has 0 amide bonds. The molecule has 3 aromatic carbocycles. The van der Waals surface area contributed by atoms with Crippen LogP contribution in [0.25, 0.3) is 16.7 Å². The summed E-state index contributed by atoms with van der Waals surface area (Å²) in [5, 5.41) is 9.27. The molecule has 5 aromatic rings. The molecule has 44 heavy (non-hydrogen) atoms. The minimum Gasteiger partial charge on any atom is -0.481 e. The van der Waals surface area contributed by atoms with E-state index in [1.165, 1.54) is 0 Å². The van der Waals surface area contributed by atoms with Crippen LogP contribution >= 0.6 is 0 Å². The number of aryl methyl sites for hydroxylation is 1. The van der Waals surface area contributed by atoms with Gasteiger partial charge in [-0.1, -0.05) is 67.6 Å². The Kier molecular flexibility index (Phi) is 8.36. The van der Waals surface area contributed by atoms with E-state index in [9.17, 15) is 14.7 Å². The van der Waals surface area contributed by atoms with Gasteiger partial charge in [0.2, 0.25) is 11.8 Å². The van der Waals surface area contributed by atoms with Crippen LogP contribution in [0.15, 0.2) is 95.8 Å². The molecular weight excluding hydrogens is 556 g/mol. The summed E-state index contributed by atoms with van der Waals surface area (Å²) in [6.07, 6.45) is 1.02. The number of benzene rings is 3. The van der Waals surface area contributed by atoms with E-state index >= 15 is 0 Å². The molecule has 9 heteroatoms. The number of piperidine rings is 1. The Bertz CT molecular complexity index is 1820. The lowest BCUT2D eigenvalue weighted by molar-refractivity contribution is -0.138. The Morgan fingerprint density at radius 1 is 0.909 bits per heavy atom. The number of imidazole rings is 1. The fourth-order valence-electron chi connectivity index (χ4n) is 5.94. The van der Waals surface area contributed by atoms with Crippen LogP contribution in [0.4, 0.5) is 5.69 Å². The van der Waals surface area contributed by atoms with E-state index in [0.717, 1.165) is 47.4 Å². The van der Waals surface area contributed by atoms with Crippen molar-refractivity contribution in [3.05, 3.63) is 113 Å². The van der Waals surface area contributed by atoms with Crippen LogP contribution in [0.2, 0.25) is 0 Å². The van der Waals surface area contributed by atoms with Crippen molar-refractivity contribution in [2.24, 2.45) is 18.9 Å². The van der Waals surface area contributed by atoms with Gasteiger partial charge in [0.1, 0.15) is 18.9 Å². The Morgan fingerprint density at radius 2 is 1.59 bits per heavy atom. The lowest BCUT2D eigenvalue weighted by atomic mass is 9.84. The van der Waals surface area contributed by atoms with Gasteiger partial charge >= 0.3 is 11.7 Å². The molecule has 1 fully saturated rings. The summed E-state index contributed by atoms with van der Waals surface area (Å²) >= 11 is 0. The fraction of sp³-hybridized carbons (Fsp3) is 0.286. The van der Waals surface area contributed by atoms with Gasteiger partial charge in [0.25, 0.3) is 0 Å². The average molecular weight is 593 g/mol. The largest absolute Gasteiger partial charge is 0.481 e. The number of hydrogen-bond donors (Lipinski definition) is 1. The number of pyridine rings is 1. The van der Waals surface area contributed by atoms with E-state index in [4.69, 9.17) is 14.5 Å². The average Bonchev–Trinajstić information content (AvgIpc) is 3.29. The van der Waals surface area contributed by atoms with Gasteiger partial charge in [0, 0.05) is 38.3 Å². The Balaban J connectivity index is 1.33. The predicted octanol–water partition coefficient (Wildman–Crippen LogP) is 5.82. The first kappa shape index (κ1) is 29.0. The number of carboxylic acids is 1. The second kappa shape index (κ2) is 12.7. The number of carboxylic acid groups (broad SMARTS) is 1. The van der Waals surface area contributed by atoms with Crippen molar-refractivity contribution < 1.29 is 19.4 Å². The van der Waals surface area contributed by atoms with Crippen LogP contribution in [-0.4, -0.2) is 38.3 Å². The highest BCUT2D eigenvalue weighted by atomic mass is 16.5. The summed E-state index contributed by atoms with van der Waals surface area (Å²) < 4.78 is 15.5. The third kappa shape index (κ3) is 6.17. The number of rotatable bonds is 10. The van der Waals surface area contributed by atoms with Crippen LogP contribution in [-0.2, 0) is 25.1 Å². The van der Waals surface area contributed by atoms with Crippen LogP contribution in [0.3, 0.4) is 0 Å². The van der Waals surface area contributed by atoms with Gasteiger partial charge in [-0.3, -0.25) is 13.9 Å². The zero-order chi connectivity index (χ0) is 30.6. The van der Waals surface area contributed by atoms with Gasteiger partial charge in [-0.2, -0.15) is 4.98 Å². The van der Waals surface area contributed by atoms with Crippen LogP contribution in [0.1, 0.15) is 30.9 Å². The molecule has 6 rings (SSSR count). The molecule has 2 aromatic heterocycles. The zero-order valence-electron chi connectivity index (χ0n) is 24.9.